The molecule has 1 fully saturated rings. The van der Waals surface area contributed by atoms with Gasteiger partial charge in [0.2, 0.25) is 0 Å². The second-order valence-electron chi connectivity index (χ2n) is 5.41. The summed E-state index contributed by atoms with van der Waals surface area (Å²) in [6.45, 7) is 3.59. The lowest BCUT2D eigenvalue weighted by Gasteiger charge is -2.38. The summed E-state index contributed by atoms with van der Waals surface area (Å²) in [6, 6.07) is 2.45. The summed E-state index contributed by atoms with van der Waals surface area (Å²) in [4.78, 5) is 11.3. The highest BCUT2D eigenvalue weighted by Gasteiger charge is 2.40. The van der Waals surface area contributed by atoms with Crippen LogP contribution in [-0.4, -0.2) is 24.2 Å². The minimum absolute atomic E-state index is 0.0767. The van der Waals surface area contributed by atoms with Gasteiger partial charge in [0.15, 0.2) is 0 Å². The zero-order chi connectivity index (χ0) is 15.8. The van der Waals surface area contributed by atoms with Crippen LogP contribution in [0.25, 0.3) is 0 Å². The fraction of sp³-hybridized carbons (Fsp3) is 0.462. The van der Waals surface area contributed by atoms with Gasteiger partial charge in [0, 0.05) is 11.0 Å². The van der Waals surface area contributed by atoms with Crippen molar-refractivity contribution in [2.45, 2.75) is 26.3 Å². The molecule has 21 heavy (non-hydrogen) atoms. The summed E-state index contributed by atoms with van der Waals surface area (Å²) >= 11 is 0. The maximum atomic E-state index is 12.3. The van der Waals surface area contributed by atoms with Crippen molar-refractivity contribution in [3.05, 3.63) is 23.8 Å². The first-order valence-corrected chi connectivity index (χ1v) is 6.10. The summed E-state index contributed by atoms with van der Waals surface area (Å²) in [5.74, 6) is -0.698. The van der Waals surface area contributed by atoms with Gasteiger partial charge in [0.25, 0.3) is 0 Å². The summed E-state index contributed by atoms with van der Waals surface area (Å²) < 4.78 is 45.4. The van der Waals surface area contributed by atoms with E-state index < -0.39 is 29.7 Å². The number of nitrogens with one attached hydrogen (secondary N) is 1. The van der Waals surface area contributed by atoms with Gasteiger partial charge in [-0.3, -0.25) is 0 Å². The molecule has 0 spiro atoms. The third-order valence-corrected chi connectivity index (χ3v) is 3.16. The van der Waals surface area contributed by atoms with E-state index in [0.29, 0.717) is 0 Å². The lowest BCUT2D eigenvalue weighted by atomic mass is 9.80. The number of halogens is 3. The Bertz CT molecular complexity index is 557. The number of amides is 1. The summed E-state index contributed by atoms with van der Waals surface area (Å²) in [6.07, 6.45) is -5.52. The van der Waals surface area contributed by atoms with E-state index in [-0.39, 0.29) is 17.9 Å². The highest BCUT2D eigenvalue weighted by molar-refractivity contribution is 5.69. The van der Waals surface area contributed by atoms with E-state index in [9.17, 15) is 23.1 Å². The van der Waals surface area contributed by atoms with E-state index >= 15 is 0 Å². The molecule has 1 heterocycles. The molecule has 0 saturated carbocycles. The molecule has 2 N–H and O–H groups in total. The van der Waals surface area contributed by atoms with E-state index in [4.69, 9.17) is 4.74 Å². The van der Waals surface area contributed by atoms with Gasteiger partial charge in [-0.1, -0.05) is 13.8 Å². The fourth-order valence-electron chi connectivity index (χ4n) is 2.15. The van der Waals surface area contributed by atoms with Gasteiger partial charge < -0.3 is 19.9 Å². The van der Waals surface area contributed by atoms with Crippen LogP contribution in [0.15, 0.2) is 18.2 Å². The van der Waals surface area contributed by atoms with Crippen LogP contribution in [0.5, 0.6) is 11.5 Å². The zero-order valence-electron chi connectivity index (χ0n) is 11.3. The predicted molar refractivity (Wildman–Crippen MR) is 65.8 cm³/mol. The Balaban J connectivity index is 2.37. The Hall–Kier alpha value is -2.12. The number of rotatable bonds is 2. The van der Waals surface area contributed by atoms with Crippen molar-refractivity contribution in [1.82, 2.24) is 5.32 Å². The molecular weight excluding hydrogens is 291 g/mol. The van der Waals surface area contributed by atoms with Gasteiger partial charge in [0.05, 0.1) is 6.04 Å². The number of phenolic OH excluding ortho intramolecular Hbond substituents is 1. The first-order valence-electron chi connectivity index (χ1n) is 6.10. The molecular formula is C13H14F3NO4. The van der Waals surface area contributed by atoms with E-state index in [2.05, 4.69) is 10.1 Å². The van der Waals surface area contributed by atoms with Crippen molar-refractivity contribution < 1.29 is 32.5 Å². The summed E-state index contributed by atoms with van der Waals surface area (Å²) in [5.41, 5.74) is -0.471. The maximum absolute atomic E-state index is 12.3. The predicted octanol–water partition coefficient (Wildman–Crippen LogP) is 3.10. The largest absolute Gasteiger partial charge is 0.573 e. The second-order valence-corrected chi connectivity index (χ2v) is 5.41. The van der Waals surface area contributed by atoms with Crippen LogP contribution >= 0.6 is 0 Å². The van der Waals surface area contributed by atoms with Gasteiger partial charge in [-0.25, -0.2) is 4.79 Å². The van der Waals surface area contributed by atoms with Gasteiger partial charge in [0.1, 0.15) is 18.1 Å². The molecule has 1 aliphatic rings. The van der Waals surface area contributed by atoms with Crippen LogP contribution in [0, 0.1) is 5.41 Å². The molecule has 0 aromatic heterocycles. The van der Waals surface area contributed by atoms with Crippen LogP contribution in [0.3, 0.4) is 0 Å². The molecule has 8 heteroatoms. The standard InChI is InChI=1S/C13H14F3NO4/c1-12(2)6-20-11(19)17-10(12)8-5-7(3-4-9(8)18)21-13(14,15)16/h3-5,10,18H,6H2,1-2H3,(H,17,19)/t10-/m1/s1. The smallest absolute Gasteiger partial charge is 0.508 e. The summed E-state index contributed by atoms with van der Waals surface area (Å²) in [5, 5.41) is 12.4. The molecule has 1 amide bonds. The Morgan fingerprint density at radius 3 is 2.71 bits per heavy atom. The monoisotopic (exact) mass is 305 g/mol. The normalized spacial score (nSPS) is 21.4. The highest BCUT2D eigenvalue weighted by Crippen LogP contribution is 2.41. The van der Waals surface area contributed by atoms with Crippen molar-refractivity contribution in [2.24, 2.45) is 5.41 Å². The van der Waals surface area contributed by atoms with E-state index in [1.165, 1.54) is 0 Å². The summed E-state index contributed by atoms with van der Waals surface area (Å²) in [7, 11) is 0. The number of carbonyl (C=O) groups is 1. The molecule has 0 aliphatic carbocycles. The number of benzene rings is 1. The zero-order valence-corrected chi connectivity index (χ0v) is 11.3. The molecule has 0 bridgehead atoms. The number of alkyl carbamates (subject to hydrolysis) is 1. The van der Waals surface area contributed by atoms with E-state index in [1.54, 1.807) is 13.8 Å². The van der Waals surface area contributed by atoms with Gasteiger partial charge >= 0.3 is 12.5 Å². The minimum atomic E-state index is -4.83. The molecule has 5 nitrogen and oxygen atoms in total. The number of hydrogen-bond donors (Lipinski definition) is 2. The molecule has 1 saturated heterocycles. The number of carbonyl (C=O) groups excluding carboxylic acids is 1. The van der Waals surface area contributed by atoms with E-state index in [1.807, 2.05) is 0 Å². The Morgan fingerprint density at radius 2 is 2.10 bits per heavy atom. The van der Waals surface area contributed by atoms with Crippen LogP contribution in [0.2, 0.25) is 0 Å². The first kappa shape index (κ1) is 15.3. The maximum Gasteiger partial charge on any atom is 0.573 e. The average Bonchev–Trinajstić information content (AvgIpc) is 2.33. The van der Waals surface area contributed by atoms with Crippen molar-refractivity contribution in [3.63, 3.8) is 0 Å². The number of ether oxygens (including phenoxy) is 2. The Kier molecular flexibility index (Phi) is 3.65. The minimum Gasteiger partial charge on any atom is -0.508 e. The van der Waals surface area contributed by atoms with Crippen LogP contribution in [-0.2, 0) is 4.74 Å². The van der Waals surface area contributed by atoms with Crippen LogP contribution in [0.1, 0.15) is 25.5 Å². The van der Waals surface area contributed by atoms with Crippen LogP contribution in [0.4, 0.5) is 18.0 Å². The fourth-order valence-corrected chi connectivity index (χ4v) is 2.15. The van der Waals surface area contributed by atoms with Crippen molar-refractivity contribution in [1.29, 1.82) is 0 Å². The van der Waals surface area contributed by atoms with Gasteiger partial charge in [-0.2, -0.15) is 0 Å². The molecule has 1 atom stereocenters. The third-order valence-electron chi connectivity index (χ3n) is 3.16. The lowest BCUT2D eigenvalue weighted by molar-refractivity contribution is -0.274. The Morgan fingerprint density at radius 1 is 1.43 bits per heavy atom. The quantitative estimate of drug-likeness (QED) is 0.881. The highest BCUT2D eigenvalue weighted by atomic mass is 19.4. The number of alkyl halides is 3. The average molecular weight is 305 g/mol. The van der Waals surface area contributed by atoms with E-state index in [0.717, 1.165) is 18.2 Å². The topological polar surface area (TPSA) is 67.8 Å². The molecule has 0 unspecified atom stereocenters. The molecule has 116 valence electrons. The van der Waals surface area contributed by atoms with Crippen LogP contribution < -0.4 is 10.1 Å². The molecule has 2 rings (SSSR count). The molecule has 1 aromatic rings. The molecule has 0 radical (unpaired) electrons. The Labute approximate surface area is 118 Å². The number of cyclic esters (lactones) is 1. The first-order chi connectivity index (χ1) is 9.58. The van der Waals surface area contributed by atoms with Gasteiger partial charge in [-0.15, -0.1) is 13.2 Å². The van der Waals surface area contributed by atoms with Crippen molar-refractivity contribution in [3.8, 4) is 11.5 Å². The van der Waals surface area contributed by atoms with Gasteiger partial charge in [-0.05, 0) is 18.2 Å². The SMILES string of the molecule is CC1(C)COC(=O)N[C@@H]1c1cc(OC(F)(F)F)ccc1O. The second kappa shape index (κ2) is 5.01. The molecule has 1 aliphatic heterocycles. The van der Waals surface area contributed by atoms with Crippen molar-refractivity contribution >= 4 is 6.09 Å². The molecule has 1 aromatic carbocycles. The van der Waals surface area contributed by atoms with Crippen molar-refractivity contribution in [2.75, 3.05) is 6.61 Å². The lowest BCUT2D eigenvalue weighted by Crippen LogP contribution is -2.46. The third kappa shape index (κ3) is 3.50. The number of hydrogen-bond acceptors (Lipinski definition) is 4. The number of aromatic hydroxyl groups is 1. The number of phenols is 1.